The van der Waals surface area contributed by atoms with Crippen LogP contribution in [0, 0.1) is 0 Å². The van der Waals surface area contributed by atoms with Gasteiger partial charge in [-0.1, -0.05) is 18.2 Å². The summed E-state index contributed by atoms with van der Waals surface area (Å²) in [6, 6.07) is 11.1. The van der Waals surface area contributed by atoms with Crippen molar-refractivity contribution in [1.29, 1.82) is 0 Å². The van der Waals surface area contributed by atoms with Crippen molar-refractivity contribution in [2.24, 2.45) is 0 Å². The molecule has 0 spiro atoms. The number of benzene rings is 1. The molecule has 2 heterocycles. The Balaban J connectivity index is 2.03. The van der Waals surface area contributed by atoms with Crippen molar-refractivity contribution in [2.45, 2.75) is 13.0 Å². The number of imidazole rings is 1. The van der Waals surface area contributed by atoms with Gasteiger partial charge in [0, 0.05) is 17.8 Å². The molecule has 4 nitrogen and oxygen atoms in total. The maximum Gasteiger partial charge on any atom is 0.177 e. The van der Waals surface area contributed by atoms with E-state index in [1.54, 1.807) is 6.33 Å². The molecule has 0 amide bonds. The summed E-state index contributed by atoms with van der Waals surface area (Å²) in [4.78, 5) is 13.8. The first kappa shape index (κ1) is 12.8. The minimum absolute atomic E-state index is 0.388. The van der Waals surface area contributed by atoms with E-state index in [0.717, 1.165) is 16.7 Å². The molecule has 1 unspecified atom stereocenters. The van der Waals surface area contributed by atoms with Gasteiger partial charge in [0.25, 0.3) is 0 Å². The zero-order valence-electron chi connectivity index (χ0n) is 12.0. The second-order valence-electron chi connectivity index (χ2n) is 5.26. The van der Waals surface area contributed by atoms with E-state index in [-0.39, 0.29) is 0 Å². The van der Waals surface area contributed by atoms with Gasteiger partial charge in [-0.3, -0.25) is 0 Å². The summed E-state index contributed by atoms with van der Waals surface area (Å²) in [6.07, 6.45) is 3.55. The van der Waals surface area contributed by atoms with Gasteiger partial charge in [-0.25, -0.2) is 9.97 Å². The summed E-state index contributed by atoms with van der Waals surface area (Å²) < 4.78 is 0. The summed E-state index contributed by atoms with van der Waals surface area (Å²) in [5.74, 6) is 0. The lowest BCUT2D eigenvalue weighted by Crippen LogP contribution is -2.16. The molecule has 0 saturated carbocycles. The smallest absolute Gasteiger partial charge is 0.177 e. The van der Waals surface area contributed by atoms with Crippen molar-refractivity contribution < 1.29 is 0 Å². The number of nitrogens with one attached hydrogen (secondary N) is 1. The maximum absolute atomic E-state index is 4.37. The van der Waals surface area contributed by atoms with Crippen molar-refractivity contribution >= 4 is 11.2 Å². The fourth-order valence-electron chi connectivity index (χ4n) is 2.26. The summed E-state index contributed by atoms with van der Waals surface area (Å²) >= 11 is 0. The molecular formula is C16H18N4. The Bertz CT molecular complexity index is 730. The van der Waals surface area contributed by atoms with Crippen LogP contribution in [-0.4, -0.2) is 33.9 Å². The van der Waals surface area contributed by atoms with Gasteiger partial charge >= 0.3 is 0 Å². The molecule has 3 rings (SSSR count). The van der Waals surface area contributed by atoms with Gasteiger partial charge in [-0.2, -0.15) is 0 Å². The van der Waals surface area contributed by atoms with Gasteiger partial charge in [0.05, 0.1) is 11.8 Å². The number of aromatic amines is 1. The summed E-state index contributed by atoms with van der Waals surface area (Å²) in [5, 5.41) is 0. The molecule has 102 valence electrons. The van der Waals surface area contributed by atoms with E-state index in [2.05, 4.69) is 71.2 Å². The van der Waals surface area contributed by atoms with Gasteiger partial charge in [0.15, 0.2) is 5.65 Å². The third-order valence-electron chi connectivity index (χ3n) is 3.75. The molecular weight excluding hydrogens is 248 g/mol. The average molecular weight is 266 g/mol. The highest BCUT2D eigenvalue weighted by Crippen LogP contribution is 2.25. The van der Waals surface area contributed by atoms with Gasteiger partial charge in [0.2, 0.25) is 0 Å². The number of pyridine rings is 1. The van der Waals surface area contributed by atoms with Gasteiger partial charge < -0.3 is 9.88 Å². The highest BCUT2D eigenvalue weighted by Gasteiger charge is 2.09. The number of nitrogens with zero attached hydrogens (tertiary/aromatic N) is 3. The van der Waals surface area contributed by atoms with Crippen LogP contribution in [0.2, 0.25) is 0 Å². The van der Waals surface area contributed by atoms with Crippen molar-refractivity contribution in [1.82, 2.24) is 19.9 Å². The summed E-state index contributed by atoms with van der Waals surface area (Å²) in [7, 11) is 4.19. The molecule has 0 radical (unpaired) electrons. The monoisotopic (exact) mass is 266 g/mol. The van der Waals surface area contributed by atoms with Crippen molar-refractivity contribution in [2.75, 3.05) is 14.1 Å². The van der Waals surface area contributed by atoms with Gasteiger partial charge in [-0.05, 0) is 44.3 Å². The Hall–Kier alpha value is -2.20. The molecule has 2 aromatic heterocycles. The second-order valence-corrected chi connectivity index (χ2v) is 5.26. The van der Waals surface area contributed by atoms with Crippen LogP contribution in [0.5, 0.6) is 0 Å². The van der Waals surface area contributed by atoms with Crippen molar-refractivity contribution in [3.8, 4) is 11.1 Å². The third kappa shape index (κ3) is 2.30. The van der Waals surface area contributed by atoms with Crippen LogP contribution in [0.25, 0.3) is 22.3 Å². The minimum Gasteiger partial charge on any atom is -0.343 e. The Kier molecular flexibility index (Phi) is 3.24. The first-order chi connectivity index (χ1) is 9.65. The van der Waals surface area contributed by atoms with Crippen LogP contribution < -0.4 is 0 Å². The first-order valence-electron chi connectivity index (χ1n) is 6.71. The number of aromatic nitrogens is 3. The zero-order chi connectivity index (χ0) is 14.1. The Labute approximate surface area is 118 Å². The van der Waals surface area contributed by atoms with Crippen LogP contribution in [0.3, 0.4) is 0 Å². The standard InChI is InChI=1S/C16H18N4/c1-11(20(2)3)12-5-4-6-13(7-12)14-8-15-16(17-9-14)19-10-18-15/h4-11H,1-3H3,(H,17,18,19). The van der Waals surface area contributed by atoms with E-state index in [9.17, 15) is 0 Å². The number of hydrogen-bond donors (Lipinski definition) is 1. The largest absolute Gasteiger partial charge is 0.343 e. The lowest BCUT2D eigenvalue weighted by Gasteiger charge is -2.20. The predicted molar refractivity (Wildman–Crippen MR) is 81.4 cm³/mol. The molecule has 20 heavy (non-hydrogen) atoms. The molecule has 0 fully saturated rings. The van der Waals surface area contributed by atoms with Crippen LogP contribution in [0.15, 0.2) is 42.9 Å². The SMILES string of the molecule is CC(c1cccc(-c2cnc3nc[nH]c3c2)c1)N(C)C. The van der Waals surface area contributed by atoms with E-state index >= 15 is 0 Å². The molecule has 0 aliphatic heterocycles. The van der Waals surface area contributed by atoms with Crippen LogP contribution in [0.4, 0.5) is 0 Å². The van der Waals surface area contributed by atoms with E-state index in [1.807, 2.05) is 6.20 Å². The number of fused-ring (bicyclic) bond motifs is 1. The Morgan fingerprint density at radius 2 is 1.95 bits per heavy atom. The van der Waals surface area contributed by atoms with Gasteiger partial charge in [0.1, 0.15) is 0 Å². The highest BCUT2D eigenvalue weighted by molar-refractivity contribution is 5.77. The molecule has 0 saturated heterocycles. The molecule has 4 heteroatoms. The first-order valence-corrected chi connectivity index (χ1v) is 6.71. The van der Waals surface area contributed by atoms with Crippen molar-refractivity contribution in [3.05, 3.63) is 48.4 Å². The molecule has 3 aromatic rings. The van der Waals surface area contributed by atoms with E-state index in [4.69, 9.17) is 0 Å². The Morgan fingerprint density at radius 1 is 1.10 bits per heavy atom. The number of H-pyrrole nitrogens is 1. The highest BCUT2D eigenvalue weighted by atomic mass is 15.1. The van der Waals surface area contributed by atoms with Crippen LogP contribution in [-0.2, 0) is 0 Å². The normalized spacial score (nSPS) is 13.0. The quantitative estimate of drug-likeness (QED) is 0.791. The fourth-order valence-corrected chi connectivity index (χ4v) is 2.26. The number of rotatable bonds is 3. The van der Waals surface area contributed by atoms with Crippen molar-refractivity contribution in [3.63, 3.8) is 0 Å². The summed E-state index contributed by atoms with van der Waals surface area (Å²) in [5.41, 5.74) is 5.31. The Morgan fingerprint density at radius 3 is 2.75 bits per heavy atom. The van der Waals surface area contributed by atoms with Gasteiger partial charge in [-0.15, -0.1) is 0 Å². The van der Waals surface area contributed by atoms with E-state index in [0.29, 0.717) is 6.04 Å². The topological polar surface area (TPSA) is 44.8 Å². The molecule has 0 bridgehead atoms. The molecule has 1 aromatic carbocycles. The third-order valence-corrected chi connectivity index (χ3v) is 3.75. The van der Waals surface area contributed by atoms with E-state index in [1.165, 1.54) is 11.1 Å². The van der Waals surface area contributed by atoms with E-state index < -0.39 is 0 Å². The molecule has 0 aliphatic carbocycles. The lowest BCUT2D eigenvalue weighted by atomic mass is 10.0. The minimum atomic E-state index is 0.388. The molecule has 1 atom stereocenters. The van der Waals surface area contributed by atoms with Crippen LogP contribution >= 0.6 is 0 Å². The lowest BCUT2D eigenvalue weighted by molar-refractivity contribution is 0.321. The average Bonchev–Trinajstić information content (AvgIpc) is 2.93. The predicted octanol–water partition coefficient (Wildman–Crippen LogP) is 3.25. The summed E-state index contributed by atoms with van der Waals surface area (Å²) in [6.45, 7) is 2.20. The molecule has 1 N–H and O–H groups in total. The number of hydrogen-bond acceptors (Lipinski definition) is 3. The molecule has 0 aliphatic rings. The second kappa shape index (κ2) is 5.06. The maximum atomic E-state index is 4.37. The van der Waals surface area contributed by atoms with Crippen LogP contribution in [0.1, 0.15) is 18.5 Å². The fraction of sp³-hybridized carbons (Fsp3) is 0.250. The zero-order valence-corrected chi connectivity index (χ0v) is 12.0.